The van der Waals surface area contributed by atoms with Crippen molar-refractivity contribution in [1.29, 1.82) is 0 Å². The number of aromatic nitrogens is 3. The summed E-state index contributed by atoms with van der Waals surface area (Å²) in [6.45, 7) is 0. The van der Waals surface area contributed by atoms with Crippen LogP contribution < -0.4 is 10.1 Å². The summed E-state index contributed by atoms with van der Waals surface area (Å²) in [5.41, 5.74) is 1.41. The highest BCUT2D eigenvalue weighted by Gasteiger charge is 2.14. The second-order valence-electron chi connectivity index (χ2n) is 5.09. The van der Waals surface area contributed by atoms with E-state index in [1.807, 2.05) is 30.3 Å². The number of halogens is 2. The zero-order chi connectivity index (χ0) is 16.7. The van der Waals surface area contributed by atoms with Crippen molar-refractivity contribution >= 4 is 45.6 Å². The Balaban J connectivity index is 1.93. The molecule has 0 spiro atoms. The lowest BCUT2D eigenvalue weighted by molar-refractivity contribution is 1.09. The van der Waals surface area contributed by atoms with Gasteiger partial charge in [0.15, 0.2) is 5.82 Å². The van der Waals surface area contributed by atoms with Gasteiger partial charge >= 0.3 is 0 Å². The smallest absolute Gasteiger partial charge is 0.267 e. The third-order valence-corrected chi connectivity index (χ3v) is 5.05. The highest BCUT2D eigenvalue weighted by atomic mass is 35.5. The minimum atomic E-state index is -0.162. The number of hydrogen-bond acceptors (Lipinski definition) is 4. The van der Waals surface area contributed by atoms with Crippen LogP contribution in [0, 0.1) is 0 Å². The van der Waals surface area contributed by atoms with E-state index in [1.165, 1.54) is 15.7 Å². The van der Waals surface area contributed by atoms with Crippen molar-refractivity contribution in [2.75, 3.05) is 0 Å². The molecule has 0 atom stereocenters. The molecule has 0 N–H and O–H groups in total. The van der Waals surface area contributed by atoms with Crippen molar-refractivity contribution in [3.63, 3.8) is 0 Å². The van der Waals surface area contributed by atoms with E-state index in [0.29, 0.717) is 25.4 Å². The first-order valence-corrected chi connectivity index (χ1v) is 8.61. The Morgan fingerprint density at radius 1 is 1.04 bits per heavy atom. The molecule has 2 heterocycles. The Hall–Kier alpha value is -2.21. The molecular formula is C17H9Cl2N3OS. The lowest BCUT2D eigenvalue weighted by Gasteiger charge is -1.97. The molecule has 0 aliphatic heterocycles. The van der Waals surface area contributed by atoms with Gasteiger partial charge in [0.2, 0.25) is 4.96 Å². The van der Waals surface area contributed by atoms with Gasteiger partial charge in [-0.25, -0.2) is 4.40 Å². The average molecular weight is 374 g/mol. The summed E-state index contributed by atoms with van der Waals surface area (Å²) in [6.07, 6.45) is 1.75. The van der Waals surface area contributed by atoms with Crippen LogP contribution in [0.3, 0.4) is 0 Å². The highest BCUT2D eigenvalue weighted by molar-refractivity contribution is 7.15. The van der Waals surface area contributed by atoms with Gasteiger partial charge in [-0.05, 0) is 23.8 Å². The second kappa shape index (κ2) is 6.02. The molecule has 0 saturated carbocycles. The second-order valence-corrected chi connectivity index (χ2v) is 6.94. The molecule has 7 heteroatoms. The number of benzene rings is 2. The van der Waals surface area contributed by atoms with Crippen molar-refractivity contribution in [2.24, 2.45) is 0 Å². The molecule has 24 heavy (non-hydrogen) atoms. The summed E-state index contributed by atoms with van der Waals surface area (Å²) >= 11 is 13.4. The van der Waals surface area contributed by atoms with Gasteiger partial charge in [-0.2, -0.15) is 0 Å². The molecule has 4 aromatic rings. The minimum Gasteiger partial charge on any atom is -0.267 e. The molecule has 118 valence electrons. The first-order chi connectivity index (χ1) is 11.6. The van der Waals surface area contributed by atoms with Gasteiger partial charge in [0.25, 0.3) is 5.56 Å². The molecule has 2 aromatic heterocycles. The van der Waals surface area contributed by atoms with E-state index < -0.39 is 0 Å². The van der Waals surface area contributed by atoms with Gasteiger partial charge < -0.3 is 0 Å². The molecule has 0 bridgehead atoms. The van der Waals surface area contributed by atoms with E-state index in [2.05, 4.69) is 10.2 Å². The molecule has 0 fully saturated rings. The number of hydrogen-bond donors (Lipinski definition) is 0. The molecule has 0 saturated heterocycles. The van der Waals surface area contributed by atoms with Crippen LogP contribution in [-0.2, 0) is 0 Å². The summed E-state index contributed by atoms with van der Waals surface area (Å²) in [5.74, 6) is 0.536. The predicted molar refractivity (Wildman–Crippen MR) is 97.8 cm³/mol. The predicted octanol–water partition coefficient (Wildman–Crippen LogP) is 3.67. The highest BCUT2D eigenvalue weighted by Crippen LogP contribution is 2.22. The van der Waals surface area contributed by atoms with Crippen molar-refractivity contribution in [1.82, 2.24) is 14.6 Å². The fraction of sp³-hybridized carbons (Fsp3) is 0. The molecule has 0 aliphatic rings. The van der Waals surface area contributed by atoms with Crippen molar-refractivity contribution in [2.45, 2.75) is 0 Å². The normalized spacial score (nSPS) is 12.2. The van der Waals surface area contributed by atoms with Crippen molar-refractivity contribution in [3.05, 3.63) is 79.0 Å². The van der Waals surface area contributed by atoms with E-state index in [4.69, 9.17) is 23.2 Å². The van der Waals surface area contributed by atoms with Crippen molar-refractivity contribution in [3.8, 4) is 11.4 Å². The maximum Gasteiger partial charge on any atom is 0.276 e. The van der Waals surface area contributed by atoms with Gasteiger partial charge in [-0.3, -0.25) is 4.79 Å². The molecule has 4 rings (SSSR count). The standard InChI is InChI=1S/C17H9Cl2N3OS/c18-12-7-6-11(13(19)9-12)8-14-16(23)22-15(20-21-17(22)24-14)10-4-2-1-3-5-10/h1-9H/b14-8-. The van der Waals surface area contributed by atoms with E-state index in [-0.39, 0.29) is 5.56 Å². The van der Waals surface area contributed by atoms with Gasteiger partial charge in [-0.1, -0.05) is 70.9 Å². The van der Waals surface area contributed by atoms with Gasteiger partial charge in [0.05, 0.1) is 4.53 Å². The monoisotopic (exact) mass is 373 g/mol. The SMILES string of the molecule is O=c1/c(=C/c2ccc(Cl)cc2Cl)sc2nnc(-c3ccccc3)n12. The first kappa shape index (κ1) is 15.3. The Bertz CT molecular complexity index is 1150. The summed E-state index contributed by atoms with van der Waals surface area (Å²) in [6, 6.07) is 14.7. The van der Waals surface area contributed by atoms with Crippen LogP contribution in [0.5, 0.6) is 0 Å². The first-order valence-electron chi connectivity index (χ1n) is 7.03. The van der Waals surface area contributed by atoms with Crippen LogP contribution in [0.4, 0.5) is 0 Å². The average Bonchev–Trinajstić information content (AvgIpc) is 3.12. The third-order valence-electron chi connectivity index (χ3n) is 3.53. The maximum absolute atomic E-state index is 12.8. The van der Waals surface area contributed by atoms with Crippen LogP contribution in [0.2, 0.25) is 10.0 Å². The molecule has 2 aromatic carbocycles. The largest absolute Gasteiger partial charge is 0.276 e. The number of fused-ring (bicyclic) bond motifs is 1. The van der Waals surface area contributed by atoms with Crippen LogP contribution in [-0.4, -0.2) is 14.6 Å². The molecule has 0 unspecified atom stereocenters. The summed E-state index contributed by atoms with van der Waals surface area (Å²) in [4.78, 5) is 13.3. The maximum atomic E-state index is 12.8. The van der Waals surface area contributed by atoms with E-state index in [9.17, 15) is 4.79 Å². The lowest BCUT2D eigenvalue weighted by atomic mass is 10.2. The Kier molecular flexibility index (Phi) is 3.84. The fourth-order valence-corrected chi connectivity index (χ4v) is 3.76. The topological polar surface area (TPSA) is 47.3 Å². The summed E-state index contributed by atoms with van der Waals surface area (Å²) in [7, 11) is 0. The van der Waals surface area contributed by atoms with Gasteiger partial charge in [0, 0.05) is 15.6 Å². The van der Waals surface area contributed by atoms with Crippen LogP contribution in [0.25, 0.3) is 22.4 Å². The van der Waals surface area contributed by atoms with Crippen LogP contribution >= 0.6 is 34.5 Å². The molecule has 0 radical (unpaired) electrons. The van der Waals surface area contributed by atoms with Gasteiger partial charge in [0.1, 0.15) is 0 Å². The van der Waals surface area contributed by atoms with Crippen LogP contribution in [0.1, 0.15) is 5.56 Å². The summed E-state index contributed by atoms with van der Waals surface area (Å²) < 4.78 is 2.07. The van der Waals surface area contributed by atoms with Crippen molar-refractivity contribution < 1.29 is 0 Å². The molecular weight excluding hydrogens is 365 g/mol. The Morgan fingerprint density at radius 2 is 1.83 bits per heavy atom. The van der Waals surface area contributed by atoms with E-state index in [1.54, 1.807) is 24.3 Å². The third kappa shape index (κ3) is 2.60. The van der Waals surface area contributed by atoms with Crippen LogP contribution in [0.15, 0.2) is 53.3 Å². The summed E-state index contributed by atoms with van der Waals surface area (Å²) in [5, 5.41) is 9.29. The number of thiazole rings is 1. The van der Waals surface area contributed by atoms with Gasteiger partial charge in [-0.15, -0.1) is 10.2 Å². The zero-order valence-corrected chi connectivity index (χ0v) is 14.4. The minimum absolute atomic E-state index is 0.162. The lowest BCUT2D eigenvalue weighted by Crippen LogP contribution is -2.23. The molecule has 4 nitrogen and oxygen atoms in total. The zero-order valence-electron chi connectivity index (χ0n) is 12.1. The molecule has 0 amide bonds. The molecule has 0 aliphatic carbocycles. The number of rotatable bonds is 2. The van der Waals surface area contributed by atoms with E-state index in [0.717, 1.165) is 11.1 Å². The Morgan fingerprint density at radius 3 is 2.58 bits per heavy atom. The number of nitrogens with zero attached hydrogens (tertiary/aromatic N) is 3. The Labute approximate surface area is 150 Å². The van der Waals surface area contributed by atoms with E-state index >= 15 is 0 Å². The fourth-order valence-electron chi connectivity index (χ4n) is 2.40. The quantitative estimate of drug-likeness (QED) is 0.538.